The Morgan fingerprint density at radius 3 is 2.08 bits per heavy atom. The van der Waals surface area contributed by atoms with Gasteiger partial charge in [-0.05, 0) is 11.6 Å². The molecule has 0 aliphatic heterocycles. The third-order valence-electron chi connectivity index (χ3n) is 3.29. The van der Waals surface area contributed by atoms with Crippen LogP contribution in [0.25, 0.3) is 11.8 Å². The molecule has 122 valence electrons. The lowest BCUT2D eigenvalue weighted by Crippen LogP contribution is -2.23. The Morgan fingerprint density at radius 2 is 1.54 bits per heavy atom. The molecule has 0 unspecified atom stereocenters. The maximum Gasteiger partial charge on any atom is 0.248 e. The summed E-state index contributed by atoms with van der Waals surface area (Å²) in [5, 5.41) is 2.74. The zero-order valence-electron chi connectivity index (χ0n) is 13.7. The summed E-state index contributed by atoms with van der Waals surface area (Å²) in [7, 11) is 1.41. The highest BCUT2D eigenvalue weighted by Crippen LogP contribution is 2.17. The summed E-state index contributed by atoms with van der Waals surface area (Å²) < 4.78 is 5.18. The number of hydrogen-bond donors (Lipinski definition) is 1. The van der Waals surface area contributed by atoms with Crippen molar-refractivity contribution in [2.45, 2.75) is 6.92 Å². The lowest BCUT2D eigenvalue weighted by atomic mass is 10.1. The van der Waals surface area contributed by atoms with Crippen molar-refractivity contribution in [1.82, 2.24) is 5.32 Å². The number of methoxy groups -OCH3 is 1. The van der Waals surface area contributed by atoms with Crippen LogP contribution in [-0.4, -0.2) is 18.8 Å². The van der Waals surface area contributed by atoms with Crippen molar-refractivity contribution < 1.29 is 14.3 Å². The van der Waals surface area contributed by atoms with Gasteiger partial charge in [0.15, 0.2) is 11.5 Å². The number of allylic oxidation sites excluding steroid dienone is 1. The number of ether oxygens (including phenoxy) is 1. The van der Waals surface area contributed by atoms with E-state index in [4.69, 9.17) is 4.74 Å². The number of nitrogens with one attached hydrogen (secondary N) is 1. The van der Waals surface area contributed by atoms with Gasteiger partial charge in [-0.1, -0.05) is 60.7 Å². The zero-order valence-corrected chi connectivity index (χ0v) is 13.7. The predicted molar refractivity (Wildman–Crippen MR) is 94.7 cm³/mol. The van der Waals surface area contributed by atoms with Gasteiger partial charge in [0.25, 0.3) is 0 Å². The molecule has 0 saturated heterocycles. The number of Topliss-reactive ketones (excluding diaryl/α,β-unsaturated/α-hetero) is 1. The first kappa shape index (κ1) is 17.2. The summed E-state index contributed by atoms with van der Waals surface area (Å²) in [5.74, 6) is -0.486. The molecule has 0 aliphatic rings. The minimum absolute atomic E-state index is 0.114. The predicted octanol–water partition coefficient (Wildman–Crippen LogP) is 3.42. The molecule has 1 amide bonds. The SMILES string of the molecule is CO/C(C(C)=O)=C(/NC(=O)/C=C/c1ccccc1)c1ccccc1. The Bertz CT molecular complexity index is 762. The highest BCUT2D eigenvalue weighted by atomic mass is 16.5. The molecule has 2 rings (SSSR count). The molecule has 0 atom stereocenters. The Labute approximate surface area is 141 Å². The van der Waals surface area contributed by atoms with Crippen LogP contribution in [-0.2, 0) is 14.3 Å². The van der Waals surface area contributed by atoms with Crippen LogP contribution in [0.3, 0.4) is 0 Å². The Balaban J connectivity index is 2.28. The molecule has 2 aromatic rings. The van der Waals surface area contributed by atoms with Crippen LogP contribution >= 0.6 is 0 Å². The Kier molecular flexibility index (Phi) is 6.08. The molecule has 0 bridgehead atoms. The third-order valence-corrected chi connectivity index (χ3v) is 3.29. The molecular weight excluding hydrogens is 302 g/mol. The van der Waals surface area contributed by atoms with E-state index >= 15 is 0 Å². The number of ketones is 1. The van der Waals surface area contributed by atoms with Gasteiger partial charge in [-0.2, -0.15) is 0 Å². The van der Waals surface area contributed by atoms with Gasteiger partial charge in [0.2, 0.25) is 5.91 Å². The molecular formula is C20H19NO3. The van der Waals surface area contributed by atoms with E-state index in [1.54, 1.807) is 18.2 Å². The van der Waals surface area contributed by atoms with Crippen molar-refractivity contribution in [3.8, 4) is 0 Å². The second kappa shape index (κ2) is 8.48. The first-order valence-corrected chi connectivity index (χ1v) is 7.50. The van der Waals surface area contributed by atoms with Crippen molar-refractivity contribution in [1.29, 1.82) is 0 Å². The number of hydrogen-bond acceptors (Lipinski definition) is 3. The molecule has 4 nitrogen and oxygen atoms in total. The van der Waals surface area contributed by atoms with E-state index in [9.17, 15) is 9.59 Å². The lowest BCUT2D eigenvalue weighted by Gasteiger charge is -2.13. The van der Waals surface area contributed by atoms with Gasteiger partial charge in [0.05, 0.1) is 12.8 Å². The number of rotatable bonds is 6. The highest BCUT2D eigenvalue weighted by Gasteiger charge is 2.16. The Hall–Kier alpha value is -3.14. The minimum Gasteiger partial charge on any atom is -0.491 e. The average Bonchev–Trinajstić information content (AvgIpc) is 2.61. The second-order valence-electron chi connectivity index (χ2n) is 5.06. The van der Waals surface area contributed by atoms with E-state index in [2.05, 4.69) is 5.32 Å². The molecule has 4 heteroatoms. The van der Waals surface area contributed by atoms with E-state index in [0.717, 1.165) is 5.56 Å². The van der Waals surface area contributed by atoms with Gasteiger partial charge in [-0.3, -0.25) is 9.59 Å². The second-order valence-corrected chi connectivity index (χ2v) is 5.06. The van der Waals surface area contributed by atoms with Crippen LogP contribution < -0.4 is 5.32 Å². The number of benzene rings is 2. The Morgan fingerprint density at radius 1 is 0.958 bits per heavy atom. The highest BCUT2D eigenvalue weighted by molar-refractivity contribution is 6.04. The van der Waals surface area contributed by atoms with Gasteiger partial charge in [0, 0.05) is 18.6 Å². The van der Waals surface area contributed by atoms with Crippen LogP contribution in [0, 0.1) is 0 Å². The topological polar surface area (TPSA) is 55.4 Å². The number of amides is 1. The van der Waals surface area contributed by atoms with Crippen molar-refractivity contribution in [2.75, 3.05) is 7.11 Å². The fourth-order valence-corrected chi connectivity index (χ4v) is 2.19. The standard InChI is InChI=1S/C20H19NO3/c1-15(22)20(24-2)19(17-11-7-4-8-12-17)21-18(23)14-13-16-9-5-3-6-10-16/h3-14H,1-2H3,(H,21,23)/b14-13+,20-19+. The van der Waals surface area contributed by atoms with Crippen LogP contribution in [0.2, 0.25) is 0 Å². The smallest absolute Gasteiger partial charge is 0.248 e. The fraction of sp³-hybridized carbons (Fsp3) is 0.100. The van der Waals surface area contributed by atoms with Gasteiger partial charge in [-0.25, -0.2) is 0 Å². The number of carbonyl (C=O) groups excluding carboxylic acids is 2. The monoisotopic (exact) mass is 321 g/mol. The third kappa shape index (κ3) is 4.68. The van der Waals surface area contributed by atoms with E-state index in [0.29, 0.717) is 11.3 Å². The van der Waals surface area contributed by atoms with Crippen LogP contribution in [0.1, 0.15) is 18.1 Å². The van der Waals surface area contributed by atoms with Crippen LogP contribution in [0.15, 0.2) is 72.5 Å². The van der Waals surface area contributed by atoms with Gasteiger partial charge < -0.3 is 10.1 Å². The minimum atomic E-state index is -0.339. The summed E-state index contributed by atoms with van der Waals surface area (Å²) in [4.78, 5) is 24.0. The zero-order chi connectivity index (χ0) is 17.4. The fourth-order valence-electron chi connectivity index (χ4n) is 2.19. The molecule has 0 fully saturated rings. The van der Waals surface area contributed by atoms with Crippen LogP contribution in [0.4, 0.5) is 0 Å². The molecule has 0 aromatic heterocycles. The molecule has 0 saturated carbocycles. The van der Waals surface area contributed by atoms with E-state index in [1.807, 2.05) is 48.5 Å². The first-order valence-electron chi connectivity index (χ1n) is 7.50. The van der Waals surface area contributed by atoms with Crippen molar-refractivity contribution in [3.05, 3.63) is 83.6 Å². The molecule has 24 heavy (non-hydrogen) atoms. The quantitative estimate of drug-likeness (QED) is 0.655. The summed E-state index contributed by atoms with van der Waals surface area (Å²) in [6.07, 6.45) is 3.13. The molecule has 0 spiro atoms. The lowest BCUT2D eigenvalue weighted by molar-refractivity contribution is -0.116. The summed E-state index contributed by atoms with van der Waals surface area (Å²) in [6, 6.07) is 18.6. The largest absolute Gasteiger partial charge is 0.491 e. The van der Waals surface area contributed by atoms with E-state index < -0.39 is 0 Å². The molecule has 1 N–H and O–H groups in total. The summed E-state index contributed by atoms with van der Waals surface area (Å²) in [5.41, 5.74) is 1.97. The van der Waals surface area contributed by atoms with E-state index in [1.165, 1.54) is 20.1 Å². The summed E-state index contributed by atoms with van der Waals surface area (Å²) in [6.45, 7) is 1.40. The average molecular weight is 321 g/mol. The van der Waals surface area contributed by atoms with Gasteiger partial charge in [-0.15, -0.1) is 0 Å². The van der Waals surface area contributed by atoms with Crippen molar-refractivity contribution in [2.24, 2.45) is 0 Å². The van der Waals surface area contributed by atoms with Gasteiger partial charge >= 0.3 is 0 Å². The maximum atomic E-state index is 12.2. The normalized spacial score (nSPS) is 11.8. The van der Waals surface area contributed by atoms with Gasteiger partial charge in [0.1, 0.15) is 0 Å². The van der Waals surface area contributed by atoms with Crippen molar-refractivity contribution >= 4 is 23.5 Å². The molecule has 0 heterocycles. The molecule has 0 radical (unpaired) electrons. The molecule has 2 aromatic carbocycles. The summed E-state index contributed by atoms with van der Waals surface area (Å²) >= 11 is 0. The number of carbonyl (C=O) groups is 2. The van der Waals surface area contributed by atoms with E-state index in [-0.39, 0.29) is 17.4 Å². The van der Waals surface area contributed by atoms with Crippen LogP contribution in [0.5, 0.6) is 0 Å². The maximum absolute atomic E-state index is 12.2. The van der Waals surface area contributed by atoms with Crippen molar-refractivity contribution in [3.63, 3.8) is 0 Å². The first-order chi connectivity index (χ1) is 11.6. The molecule has 0 aliphatic carbocycles.